The summed E-state index contributed by atoms with van der Waals surface area (Å²) < 4.78 is 0. The van der Waals surface area contributed by atoms with Crippen LogP contribution in [-0.2, 0) is 11.8 Å². The van der Waals surface area contributed by atoms with E-state index >= 15 is 0 Å². The second-order valence-corrected chi connectivity index (χ2v) is 5.10. The third kappa shape index (κ3) is 2.31. The van der Waals surface area contributed by atoms with Crippen LogP contribution in [0.5, 0.6) is 0 Å². The standard InChI is InChI=1S/C13H18N2O.ClH/c1-13(2)10-7-9(12(15)16)4-3-8(10)5-6-11(13)14;/h3-4,7,11H,5-6,14H2,1-2H3,(H2,15,16);1H. The molecule has 0 spiro atoms. The van der Waals surface area contributed by atoms with E-state index in [-0.39, 0.29) is 29.8 Å². The van der Waals surface area contributed by atoms with Gasteiger partial charge in [0.25, 0.3) is 0 Å². The monoisotopic (exact) mass is 254 g/mol. The molecule has 4 heteroatoms. The second kappa shape index (κ2) is 4.67. The predicted molar refractivity (Wildman–Crippen MR) is 71.5 cm³/mol. The van der Waals surface area contributed by atoms with Crippen molar-refractivity contribution >= 4 is 18.3 Å². The van der Waals surface area contributed by atoms with E-state index in [9.17, 15) is 4.79 Å². The van der Waals surface area contributed by atoms with Crippen molar-refractivity contribution < 1.29 is 4.79 Å². The number of carbonyl (C=O) groups is 1. The summed E-state index contributed by atoms with van der Waals surface area (Å²) in [7, 11) is 0. The predicted octanol–water partition coefficient (Wildman–Crippen LogP) is 1.76. The fourth-order valence-corrected chi connectivity index (χ4v) is 2.42. The Hall–Kier alpha value is -1.06. The second-order valence-electron chi connectivity index (χ2n) is 5.10. The molecule has 0 aliphatic heterocycles. The number of aryl methyl sites for hydroxylation is 1. The lowest BCUT2D eigenvalue weighted by molar-refractivity contribution is 0.1000. The van der Waals surface area contributed by atoms with Crippen LogP contribution in [0, 0.1) is 0 Å². The van der Waals surface area contributed by atoms with Crippen molar-refractivity contribution in [2.45, 2.75) is 38.1 Å². The SMILES string of the molecule is CC1(C)c2cc(C(N)=O)ccc2CCC1N.Cl. The van der Waals surface area contributed by atoms with E-state index in [1.54, 1.807) is 6.07 Å². The molecule has 1 aliphatic rings. The van der Waals surface area contributed by atoms with Gasteiger partial charge in [-0.1, -0.05) is 19.9 Å². The molecule has 2 rings (SSSR count). The number of primary amides is 1. The number of nitrogens with two attached hydrogens (primary N) is 2. The minimum absolute atomic E-state index is 0. The summed E-state index contributed by atoms with van der Waals surface area (Å²) in [4.78, 5) is 11.2. The smallest absolute Gasteiger partial charge is 0.248 e. The summed E-state index contributed by atoms with van der Waals surface area (Å²) in [5, 5.41) is 0. The summed E-state index contributed by atoms with van der Waals surface area (Å²) in [6.45, 7) is 4.25. The number of carbonyl (C=O) groups excluding carboxylic acids is 1. The van der Waals surface area contributed by atoms with Crippen LogP contribution in [0.25, 0.3) is 0 Å². The molecule has 1 aromatic rings. The molecular formula is C13H19ClN2O. The van der Waals surface area contributed by atoms with E-state index < -0.39 is 0 Å². The van der Waals surface area contributed by atoms with Crippen molar-refractivity contribution in [2.75, 3.05) is 0 Å². The van der Waals surface area contributed by atoms with Gasteiger partial charge in [0.2, 0.25) is 5.91 Å². The van der Waals surface area contributed by atoms with Crippen LogP contribution in [-0.4, -0.2) is 11.9 Å². The van der Waals surface area contributed by atoms with E-state index in [0.29, 0.717) is 5.56 Å². The van der Waals surface area contributed by atoms with Crippen LogP contribution in [0.2, 0.25) is 0 Å². The van der Waals surface area contributed by atoms with Crippen LogP contribution in [0.15, 0.2) is 18.2 Å². The Kier molecular flexibility index (Phi) is 3.84. The minimum atomic E-state index is -0.377. The number of halogens is 1. The first-order valence-corrected chi connectivity index (χ1v) is 5.61. The molecule has 0 saturated heterocycles. The Labute approximate surface area is 108 Å². The Morgan fingerprint density at radius 3 is 2.65 bits per heavy atom. The number of hydrogen-bond acceptors (Lipinski definition) is 2. The molecule has 0 fully saturated rings. The third-order valence-electron chi connectivity index (χ3n) is 3.74. The highest BCUT2D eigenvalue weighted by Gasteiger charge is 2.34. The molecule has 1 unspecified atom stereocenters. The average Bonchev–Trinajstić information content (AvgIpc) is 2.23. The maximum atomic E-state index is 11.2. The van der Waals surface area contributed by atoms with Gasteiger partial charge in [-0.25, -0.2) is 0 Å². The Morgan fingerprint density at radius 1 is 1.41 bits per heavy atom. The van der Waals surface area contributed by atoms with Gasteiger partial charge in [-0.05, 0) is 36.1 Å². The number of amides is 1. The van der Waals surface area contributed by atoms with Crippen molar-refractivity contribution in [3.63, 3.8) is 0 Å². The summed E-state index contributed by atoms with van der Waals surface area (Å²) in [6, 6.07) is 5.84. The number of hydrogen-bond donors (Lipinski definition) is 2. The van der Waals surface area contributed by atoms with E-state index in [2.05, 4.69) is 13.8 Å². The van der Waals surface area contributed by atoms with E-state index in [1.807, 2.05) is 12.1 Å². The van der Waals surface area contributed by atoms with Gasteiger partial charge in [-0.2, -0.15) is 0 Å². The lowest BCUT2D eigenvalue weighted by Crippen LogP contribution is -2.44. The van der Waals surface area contributed by atoms with Gasteiger partial charge in [-0.3, -0.25) is 4.79 Å². The highest BCUT2D eigenvalue weighted by molar-refractivity contribution is 5.93. The fourth-order valence-electron chi connectivity index (χ4n) is 2.42. The molecular weight excluding hydrogens is 236 g/mol. The van der Waals surface area contributed by atoms with Crippen molar-refractivity contribution in [1.82, 2.24) is 0 Å². The molecule has 17 heavy (non-hydrogen) atoms. The largest absolute Gasteiger partial charge is 0.366 e. The van der Waals surface area contributed by atoms with Crippen LogP contribution in [0.4, 0.5) is 0 Å². The minimum Gasteiger partial charge on any atom is -0.366 e. The van der Waals surface area contributed by atoms with Crippen LogP contribution >= 0.6 is 12.4 Å². The average molecular weight is 255 g/mol. The van der Waals surface area contributed by atoms with E-state index in [0.717, 1.165) is 12.8 Å². The number of rotatable bonds is 1. The highest BCUT2D eigenvalue weighted by atomic mass is 35.5. The summed E-state index contributed by atoms with van der Waals surface area (Å²) in [6.07, 6.45) is 1.98. The van der Waals surface area contributed by atoms with E-state index in [1.165, 1.54) is 11.1 Å². The molecule has 1 aromatic carbocycles. The van der Waals surface area contributed by atoms with Crippen molar-refractivity contribution in [1.29, 1.82) is 0 Å². The Bertz CT molecular complexity index is 443. The van der Waals surface area contributed by atoms with Gasteiger partial charge in [0.15, 0.2) is 0 Å². The zero-order valence-electron chi connectivity index (χ0n) is 10.2. The van der Waals surface area contributed by atoms with E-state index in [4.69, 9.17) is 11.5 Å². The molecule has 0 radical (unpaired) electrons. The zero-order valence-corrected chi connectivity index (χ0v) is 11.0. The first kappa shape index (κ1) is 14.0. The van der Waals surface area contributed by atoms with Gasteiger partial charge >= 0.3 is 0 Å². The molecule has 1 atom stereocenters. The lowest BCUT2D eigenvalue weighted by atomic mass is 9.69. The molecule has 0 bridgehead atoms. The molecule has 4 N–H and O–H groups in total. The van der Waals surface area contributed by atoms with Crippen LogP contribution in [0.1, 0.15) is 41.8 Å². The maximum Gasteiger partial charge on any atom is 0.248 e. The topological polar surface area (TPSA) is 69.1 Å². The van der Waals surface area contributed by atoms with Gasteiger partial charge in [0.1, 0.15) is 0 Å². The Morgan fingerprint density at radius 2 is 2.06 bits per heavy atom. The van der Waals surface area contributed by atoms with Gasteiger partial charge < -0.3 is 11.5 Å². The molecule has 0 heterocycles. The Balaban J connectivity index is 0.00000144. The highest BCUT2D eigenvalue weighted by Crippen LogP contribution is 2.36. The number of benzene rings is 1. The molecule has 0 aromatic heterocycles. The van der Waals surface area contributed by atoms with Crippen molar-refractivity contribution in [3.8, 4) is 0 Å². The van der Waals surface area contributed by atoms with Crippen LogP contribution < -0.4 is 11.5 Å². The maximum absolute atomic E-state index is 11.2. The lowest BCUT2D eigenvalue weighted by Gasteiger charge is -2.38. The third-order valence-corrected chi connectivity index (χ3v) is 3.74. The van der Waals surface area contributed by atoms with Crippen molar-refractivity contribution in [3.05, 3.63) is 34.9 Å². The molecule has 1 aliphatic carbocycles. The normalized spacial score (nSPS) is 21.2. The molecule has 1 amide bonds. The molecule has 0 saturated carbocycles. The van der Waals surface area contributed by atoms with Crippen LogP contribution in [0.3, 0.4) is 0 Å². The van der Waals surface area contributed by atoms with Crippen molar-refractivity contribution in [2.24, 2.45) is 11.5 Å². The first-order valence-electron chi connectivity index (χ1n) is 5.61. The van der Waals surface area contributed by atoms with Gasteiger partial charge in [0, 0.05) is 17.0 Å². The van der Waals surface area contributed by atoms with Gasteiger partial charge in [-0.15, -0.1) is 12.4 Å². The molecule has 94 valence electrons. The summed E-state index contributed by atoms with van der Waals surface area (Å²) in [5.74, 6) is -0.377. The first-order chi connectivity index (χ1) is 7.43. The molecule has 3 nitrogen and oxygen atoms in total. The van der Waals surface area contributed by atoms with Gasteiger partial charge in [0.05, 0.1) is 0 Å². The number of fused-ring (bicyclic) bond motifs is 1. The summed E-state index contributed by atoms with van der Waals surface area (Å²) >= 11 is 0. The fraction of sp³-hybridized carbons (Fsp3) is 0.462. The summed E-state index contributed by atoms with van der Waals surface area (Å²) in [5.41, 5.74) is 14.4. The zero-order chi connectivity index (χ0) is 11.9. The quantitative estimate of drug-likeness (QED) is 0.802.